The van der Waals surface area contributed by atoms with Crippen LogP contribution in [0.15, 0.2) is 0 Å². The van der Waals surface area contributed by atoms with Crippen molar-refractivity contribution in [3.05, 3.63) is 0 Å². The van der Waals surface area contributed by atoms with Crippen LogP contribution in [0.25, 0.3) is 0 Å². The molecule has 7 heteroatoms. The number of hydrogen-bond acceptors (Lipinski definition) is 7. The summed E-state index contributed by atoms with van der Waals surface area (Å²) in [6, 6.07) is 0. The summed E-state index contributed by atoms with van der Waals surface area (Å²) < 4.78 is 25.1. The molecule has 0 aromatic rings. The fraction of sp³-hybridized carbons (Fsp3) is 0.778. The predicted octanol–water partition coefficient (Wildman–Crippen LogP) is -1.16. The highest BCUT2D eigenvalue weighted by molar-refractivity contribution is 5.75. The largest absolute Gasteiger partial charge is 0.467 e. The van der Waals surface area contributed by atoms with Crippen LogP contribution in [0.2, 0.25) is 0 Å². The Balaban J connectivity index is 2.12. The van der Waals surface area contributed by atoms with Gasteiger partial charge in [0, 0.05) is 0 Å². The minimum Gasteiger partial charge on any atom is -0.467 e. The van der Waals surface area contributed by atoms with E-state index in [-0.39, 0.29) is 13.6 Å². The van der Waals surface area contributed by atoms with Crippen LogP contribution in [-0.2, 0) is 33.3 Å². The zero-order valence-corrected chi connectivity index (χ0v) is 8.66. The fourth-order valence-electron chi connectivity index (χ4n) is 1.74. The van der Waals surface area contributed by atoms with Gasteiger partial charge in [-0.05, 0) is 0 Å². The van der Waals surface area contributed by atoms with Gasteiger partial charge in [0.2, 0.25) is 0 Å². The molecule has 0 N–H and O–H groups in total. The standard InChI is InChI=1S/C9H12O7/c1-12-9(11)8-7-6(14-4-16-8)5(2-10)13-3-15-7/h2,5-8H,3-4H2,1H3/t5-,6+,7-,8-/m0/s1. The van der Waals surface area contributed by atoms with E-state index in [2.05, 4.69) is 4.74 Å². The molecule has 16 heavy (non-hydrogen) atoms. The first-order chi connectivity index (χ1) is 7.77. The van der Waals surface area contributed by atoms with Gasteiger partial charge in [-0.25, -0.2) is 4.79 Å². The highest BCUT2D eigenvalue weighted by atomic mass is 16.8. The van der Waals surface area contributed by atoms with Crippen LogP contribution in [0.1, 0.15) is 0 Å². The molecule has 2 fully saturated rings. The molecule has 0 aromatic heterocycles. The average molecular weight is 232 g/mol. The Hall–Kier alpha value is -1.02. The first-order valence-corrected chi connectivity index (χ1v) is 4.77. The quantitative estimate of drug-likeness (QED) is 0.439. The molecule has 0 bridgehead atoms. The van der Waals surface area contributed by atoms with E-state index in [4.69, 9.17) is 18.9 Å². The van der Waals surface area contributed by atoms with E-state index in [0.717, 1.165) is 0 Å². The number of carbonyl (C=O) groups excluding carboxylic acids is 2. The minimum absolute atomic E-state index is 0.0786. The molecule has 2 aliphatic heterocycles. The monoisotopic (exact) mass is 232 g/mol. The molecule has 2 rings (SSSR count). The lowest BCUT2D eigenvalue weighted by atomic mass is 10.0. The molecule has 2 saturated heterocycles. The summed E-state index contributed by atoms with van der Waals surface area (Å²) in [5, 5.41) is 0. The van der Waals surface area contributed by atoms with Gasteiger partial charge in [-0.15, -0.1) is 0 Å². The Morgan fingerprint density at radius 1 is 1.19 bits per heavy atom. The van der Waals surface area contributed by atoms with Crippen molar-refractivity contribution in [2.24, 2.45) is 0 Å². The molecule has 7 nitrogen and oxygen atoms in total. The van der Waals surface area contributed by atoms with Crippen molar-refractivity contribution < 1.29 is 33.3 Å². The van der Waals surface area contributed by atoms with E-state index >= 15 is 0 Å². The van der Waals surface area contributed by atoms with E-state index in [1.807, 2.05) is 0 Å². The van der Waals surface area contributed by atoms with E-state index in [0.29, 0.717) is 6.29 Å². The Kier molecular flexibility index (Phi) is 3.49. The number of aldehydes is 1. The van der Waals surface area contributed by atoms with E-state index in [9.17, 15) is 9.59 Å². The van der Waals surface area contributed by atoms with Crippen molar-refractivity contribution in [2.75, 3.05) is 20.7 Å². The smallest absolute Gasteiger partial charge is 0.337 e. The summed E-state index contributed by atoms with van der Waals surface area (Å²) in [5.74, 6) is -0.551. The molecular weight excluding hydrogens is 220 g/mol. The molecular formula is C9H12O7. The Morgan fingerprint density at radius 2 is 1.88 bits per heavy atom. The summed E-state index contributed by atoms with van der Waals surface area (Å²) >= 11 is 0. The second kappa shape index (κ2) is 4.88. The molecule has 0 unspecified atom stereocenters. The Morgan fingerprint density at radius 3 is 2.56 bits per heavy atom. The van der Waals surface area contributed by atoms with Gasteiger partial charge in [0.05, 0.1) is 7.11 Å². The number of carbonyl (C=O) groups is 2. The second-order valence-electron chi connectivity index (χ2n) is 3.38. The van der Waals surface area contributed by atoms with Crippen LogP contribution in [0.4, 0.5) is 0 Å². The normalized spacial score (nSPS) is 38.6. The first-order valence-electron chi connectivity index (χ1n) is 4.77. The molecule has 0 aromatic carbocycles. The fourth-order valence-corrected chi connectivity index (χ4v) is 1.74. The first kappa shape index (κ1) is 11.5. The minimum atomic E-state index is -0.880. The molecule has 4 atom stereocenters. The lowest BCUT2D eigenvalue weighted by Crippen LogP contribution is -2.59. The topological polar surface area (TPSA) is 80.3 Å². The van der Waals surface area contributed by atoms with Crippen molar-refractivity contribution >= 4 is 12.3 Å². The summed E-state index contributed by atoms with van der Waals surface area (Å²) in [5.41, 5.74) is 0. The van der Waals surface area contributed by atoms with E-state index in [1.54, 1.807) is 0 Å². The van der Waals surface area contributed by atoms with Crippen molar-refractivity contribution in [1.29, 1.82) is 0 Å². The Labute approximate surface area is 91.5 Å². The lowest BCUT2D eigenvalue weighted by molar-refractivity contribution is -0.311. The molecule has 2 heterocycles. The summed E-state index contributed by atoms with van der Waals surface area (Å²) in [4.78, 5) is 22.1. The number of methoxy groups -OCH3 is 1. The SMILES string of the molecule is COC(=O)[C@H]1OCO[C@H]2[C@@H]1OCO[C@H]2C=O. The molecule has 2 aliphatic rings. The highest BCUT2D eigenvalue weighted by Crippen LogP contribution is 2.25. The molecule has 0 aliphatic carbocycles. The van der Waals surface area contributed by atoms with Crippen molar-refractivity contribution in [3.63, 3.8) is 0 Å². The van der Waals surface area contributed by atoms with Crippen LogP contribution in [0, 0.1) is 0 Å². The molecule has 90 valence electrons. The lowest BCUT2D eigenvalue weighted by Gasteiger charge is -2.41. The van der Waals surface area contributed by atoms with E-state index in [1.165, 1.54) is 7.11 Å². The van der Waals surface area contributed by atoms with Gasteiger partial charge in [0.25, 0.3) is 0 Å². The van der Waals surface area contributed by atoms with Crippen molar-refractivity contribution in [1.82, 2.24) is 0 Å². The molecule has 0 radical (unpaired) electrons. The van der Waals surface area contributed by atoms with Gasteiger partial charge in [0.1, 0.15) is 31.9 Å². The number of hydrogen-bond donors (Lipinski definition) is 0. The molecule has 0 saturated carbocycles. The van der Waals surface area contributed by atoms with Crippen LogP contribution in [0.5, 0.6) is 0 Å². The summed E-state index contributed by atoms with van der Waals surface area (Å²) in [7, 11) is 1.26. The van der Waals surface area contributed by atoms with Gasteiger partial charge >= 0.3 is 5.97 Å². The van der Waals surface area contributed by atoms with Gasteiger partial charge in [0.15, 0.2) is 12.4 Å². The predicted molar refractivity (Wildman–Crippen MR) is 47.3 cm³/mol. The third kappa shape index (κ3) is 1.94. The van der Waals surface area contributed by atoms with Crippen LogP contribution < -0.4 is 0 Å². The van der Waals surface area contributed by atoms with Gasteiger partial charge < -0.3 is 28.5 Å². The second-order valence-corrected chi connectivity index (χ2v) is 3.38. The zero-order valence-electron chi connectivity index (χ0n) is 8.66. The van der Waals surface area contributed by atoms with Crippen molar-refractivity contribution in [2.45, 2.75) is 24.4 Å². The zero-order chi connectivity index (χ0) is 11.5. The summed E-state index contributed by atoms with van der Waals surface area (Å²) in [6.07, 6.45) is -2.31. The number of rotatable bonds is 2. The maximum absolute atomic E-state index is 11.4. The van der Waals surface area contributed by atoms with Gasteiger partial charge in [-0.1, -0.05) is 0 Å². The van der Waals surface area contributed by atoms with Gasteiger partial charge in [-0.2, -0.15) is 0 Å². The maximum atomic E-state index is 11.4. The number of fused-ring (bicyclic) bond motifs is 1. The Bertz CT molecular complexity index is 279. The third-order valence-electron chi connectivity index (χ3n) is 2.54. The number of ether oxygens (including phenoxy) is 5. The third-order valence-corrected chi connectivity index (χ3v) is 2.54. The maximum Gasteiger partial charge on any atom is 0.337 e. The molecule has 0 amide bonds. The highest BCUT2D eigenvalue weighted by Gasteiger charge is 2.47. The van der Waals surface area contributed by atoms with Crippen molar-refractivity contribution in [3.8, 4) is 0 Å². The number of esters is 1. The average Bonchev–Trinajstić information content (AvgIpc) is 2.36. The van der Waals surface area contributed by atoms with E-state index < -0.39 is 30.4 Å². The van der Waals surface area contributed by atoms with Crippen LogP contribution in [0.3, 0.4) is 0 Å². The van der Waals surface area contributed by atoms with Crippen LogP contribution >= 0.6 is 0 Å². The van der Waals surface area contributed by atoms with Gasteiger partial charge in [-0.3, -0.25) is 0 Å². The molecule has 0 spiro atoms. The van der Waals surface area contributed by atoms with Crippen LogP contribution in [-0.4, -0.2) is 57.4 Å². The summed E-state index contributed by atoms with van der Waals surface area (Å²) in [6.45, 7) is -0.178.